The average Bonchev–Trinajstić information content (AvgIpc) is 2.68. The number of hydrogen-bond donors (Lipinski definition) is 2. The summed E-state index contributed by atoms with van der Waals surface area (Å²) >= 11 is 0. The highest BCUT2D eigenvalue weighted by molar-refractivity contribution is 5.83. The van der Waals surface area contributed by atoms with Crippen LogP contribution in [-0.2, 0) is 11.3 Å². The summed E-state index contributed by atoms with van der Waals surface area (Å²) in [6.45, 7) is 2.25. The van der Waals surface area contributed by atoms with Gasteiger partial charge in [-0.2, -0.15) is 0 Å². The fourth-order valence-corrected chi connectivity index (χ4v) is 2.51. The van der Waals surface area contributed by atoms with Crippen molar-refractivity contribution in [2.24, 2.45) is 11.1 Å². The van der Waals surface area contributed by atoms with Gasteiger partial charge in [0.05, 0.1) is 5.41 Å². The van der Waals surface area contributed by atoms with Gasteiger partial charge in [-0.05, 0) is 37.5 Å². The van der Waals surface area contributed by atoms with Gasteiger partial charge < -0.3 is 11.1 Å². The van der Waals surface area contributed by atoms with Crippen LogP contribution in [0, 0.1) is 11.2 Å². The predicted molar refractivity (Wildman–Crippen MR) is 68.2 cm³/mol. The van der Waals surface area contributed by atoms with Crippen molar-refractivity contribution in [1.82, 2.24) is 5.32 Å². The minimum Gasteiger partial charge on any atom is -0.352 e. The van der Waals surface area contributed by atoms with Crippen LogP contribution in [0.5, 0.6) is 0 Å². The summed E-state index contributed by atoms with van der Waals surface area (Å²) in [4.78, 5) is 12.2. The van der Waals surface area contributed by atoms with Gasteiger partial charge >= 0.3 is 0 Å². The molecule has 4 heteroatoms. The van der Waals surface area contributed by atoms with Gasteiger partial charge in [-0.1, -0.05) is 18.6 Å². The molecule has 1 aromatic carbocycles. The van der Waals surface area contributed by atoms with Crippen LogP contribution in [0.4, 0.5) is 4.39 Å². The van der Waals surface area contributed by atoms with Gasteiger partial charge in [0.2, 0.25) is 5.91 Å². The number of halogens is 1. The van der Waals surface area contributed by atoms with Crippen molar-refractivity contribution in [2.75, 3.05) is 0 Å². The molecule has 2 atom stereocenters. The van der Waals surface area contributed by atoms with Gasteiger partial charge in [0, 0.05) is 12.6 Å². The van der Waals surface area contributed by atoms with Crippen molar-refractivity contribution < 1.29 is 9.18 Å². The van der Waals surface area contributed by atoms with E-state index in [0.717, 1.165) is 24.8 Å². The first-order valence-corrected chi connectivity index (χ1v) is 6.31. The maximum atomic E-state index is 13.0. The first-order chi connectivity index (χ1) is 8.52. The lowest BCUT2D eigenvalue weighted by atomic mass is 9.84. The molecule has 1 aliphatic rings. The Morgan fingerprint density at radius 2 is 2.39 bits per heavy atom. The van der Waals surface area contributed by atoms with Gasteiger partial charge in [-0.25, -0.2) is 4.39 Å². The lowest BCUT2D eigenvalue weighted by molar-refractivity contribution is -0.130. The number of nitrogens with one attached hydrogen (secondary N) is 1. The molecule has 0 aromatic heterocycles. The Hall–Kier alpha value is -1.42. The van der Waals surface area contributed by atoms with Crippen LogP contribution in [0.3, 0.4) is 0 Å². The topological polar surface area (TPSA) is 55.1 Å². The number of amides is 1. The minimum atomic E-state index is -0.479. The summed E-state index contributed by atoms with van der Waals surface area (Å²) in [6.07, 6.45) is 2.71. The summed E-state index contributed by atoms with van der Waals surface area (Å²) in [7, 11) is 0. The Bertz CT molecular complexity index is 449. The van der Waals surface area contributed by atoms with Crippen LogP contribution in [0.15, 0.2) is 24.3 Å². The fraction of sp³-hybridized carbons (Fsp3) is 0.500. The number of hydrogen-bond acceptors (Lipinski definition) is 2. The van der Waals surface area contributed by atoms with Crippen molar-refractivity contribution in [1.29, 1.82) is 0 Å². The number of nitrogens with two attached hydrogens (primary N) is 1. The number of carbonyl (C=O) groups excluding carboxylic acids is 1. The summed E-state index contributed by atoms with van der Waals surface area (Å²) in [5.74, 6) is -0.317. The molecule has 1 aromatic rings. The highest BCUT2D eigenvalue weighted by Crippen LogP contribution is 2.36. The van der Waals surface area contributed by atoms with Gasteiger partial charge in [0.1, 0.15) is 5.82 Å². The molecule has 0 heterocycles. The van der Waals surface area contributed by atoms with Crippen molar-refractivity contribution in [2.45, 2.75) is 38.8 Å². The Balaban J connectivity index is 1.96. The van der Waals surface area contributed by atoms with Gasteiger partial charge in [0.25, 0.3) is 0 Å². The summed E-state index contributed by atoms with van der Waals surface area (Å²) in [5, 5.41) is 2.85. The van der Waals surface area contributed by atoms with E-state index in [4.69, 9.17) is 5.73 Å². The Morgan fingerprint density at radius 1 is 1.61 bits per heavy atom. The van der Waals surface area contributed by atoms with Crippen LogP contribution in [0.2, 0.25) is 0 Å². The summed E-state index contributed by atoms with van der Waals surface area (Å²) in [5.41, 5.74) is 6.27. The second-order valence-electron chi connectivity index (χ2n) is 5.23. The first-order valence-electron chi connectivity index (χ1n) is 6.31. The zero-order valence-electron chi connectivity index (χ0n) is 10.6. The number of carbonyl (C=O) groups is 1. The zero-order valence-corrected chi connectivity index (χ0v) is 10.6. The Labute approximate surface area is 107 Å². The standard InChI is InChI=1S/C14H19FN2O/c1-14(7-3-6-12(14)16)13(18)17-9-10-4-2-5-11(15)8-10/h2,4-5,8,12H,3,6-7,9,16H2,1H3,(H,17,18). The van der Waals surface area contributed by atoms with Crippen LogP contribution in [0.1, 0.15) is 31.7 Å². The van der Waals surface area contributed by atoms with E-state index in [1.165, 1.54) is 12.1 Å². The van der Waals surface area contributed by atoms with Crippen LogP contribution in [-0.4, -0.2) is 11.9 Å². The smallest absolute Gasteiger partial charge is 0.227 e. The molecule has 18 heavy (non-hydrogen) atoms. The third-order valence-corrected chi connectivity index (χ3v) is 3.89. The van der Waals surface area contributed by atoms with E-state index in [1.54, 1.807) is 12.1 Å². The van der Waals surface area contributed by atoms with E-state index in [2.05, 4.69) is 5.32 Å². The van der Waals surface area contributed by atoms with E-state index in [9.17, 15) is 9.18 Å². The van der Waals surface area contributed by atoms with Crippen molar-refractivity contribution >= 4 is 5.91 Å². The van der Waals surface area contributed by atoms with Crippen molar-refractivity contribution in [3.8, 4) is 0 Å². The van der Waals surface area contributed by atoms with Gasteiger partial charge in [0.15, 0.2) is 0 Å². The molecule has 1 aliphatic carbocycles. The molecule has 1 amide bonds. The summed E-state index contributed by atoms with van der Waals surface area (Å²) in [6, 6.07) is 6.17. The predicted octanol–water partition coefficient (Wildman–Crippen LogP) is 1.96. The SMILES string of the molecule is CC1(C(=O)NCc2cccc(F)c2)CCCC1N. The second kappa shape index (κ2) is 5.06. The molecule has 3 nitrogen and oxygen atoms in total. The average molecular weight is 250 g/mol. The largest absolute Gasteiger partial charge is 0.352 e. The first kappa shape index (κ1) is 13.0. The third kappa shape index (κ3) is 2.53. The maximum Gasteiger partial charge on any atom is 0.227 e. The van der Waals surface area contributed by atoms with Crippen LogP contribution >= 0.6 is 0 Å². The number of benzene rings is 1. The molecule has 98 valence electrons. The molecule has 3 N–H and O–H groups in total. The quantitative estimate of drug-likeness (QED) is 0.861. The Morgan fingerprint density at radius 3 is 3.00 bits per heavy atom. The van der Waals surface area contributed by atoms with E-state index in [-0.39, 0.29) is 17.8 Å². The molecule has 2 unspecified atom stereocenters. The van der Waals surface area contributed by atoms with E-state index in [0.29, 0.717) is 6.54 Å². The normalized spacial score (nSPS) is 27.2. The molecule has 0 saturated heterocycles. The van der Waals surface area contributed by atoms with Gasteiger partial charge in [-0.15, -0.1) is 0 Å². The third-order valence-electron chi connectivity index (χ3n) is 3.89. The van der Waals surface area contributed by atoms with E-state index < -0.39 is 5.41 Å². The molecule has 0 aliphatic heterocycles. The molecule has 0 radical (unpaired) electrons. The second-order valence-corrected chi connectivity index (χ2v) is 5.23. The van der Waals surface area contributed by atoms with Crippen LogP contribution in [0.25, 0.3) is 0 Å². The molecule has 2 rings (SSSR count). The molecule has 1 saturated carbocycles. The monoisotopic (exact) mass is 250 g/mol. The Kier molecular flexibility index (Phi) is 3.66. The zero-order chi connectivity index (χ0) is 13.2. The molecular formula is C14H19FN2O. The molecule has 0 spiro atoms. The minimum absolute atomic E-state index is 0.0308. The van der Waals surface area contributed by atoms with E-state index in [1.807, 2.05) is 6.92 Å². The molecule has 0 bridgehead atoms. The molecular weight excluding hydrogens is 231 g/mol. The van der Waals surface area contributed by atoms with E-state index >= 15 is 0 Å². The van der Waals surface area contributed by atoms with Crippen molar-refractivity contribution in [3.05, 3.63) is 35.6 Å². The summed E-state index contributed by atoms with van der Waals surface area (Å²) < 4.78 is 13.0. The number of rotatable bonds is 3. The maximum absolute atomic E-state index is 13.0. The lowest BCUT2D eigenvalue weighted by Crippen LogP contribution is -2.47. The van der Waals surface area contributed by atoms with Crippen molar-refractivity contribution in [3.63, 3.8) is 0 Å². The highest BCUT2D eigenvalue weighted by atomic mass is 19.1. The fourth-order valence-electron chi connectivity index (χ4n) is 2.51. The highest BCUT2D eigenvalue weighted by Gasteiger charge is 2.42. The van der Waals surface area contributed by atoms with Crippen LogP contribution < -0.4 is 11.1 Å². The lowest BCUT2D eigenvalue weighted by Gasteiger charge is -2.27. The van der Waals surface area contributed by atoms with Gasteiger partial charge in [-0.3, -0.25) is 4.79 Å². The molecule has 1 fully saturated rings.